The minimum absolute atomic E-state index is 0.0876. The first kappa shape index (κ1) is 32.9. The first-order valence-electron chi connectivity index (χ1n) is 16.5. The Morgan fingerprint density at radius 2 is 1.88 bits per heavy atom. The van der Waals surface area contributed by atoms with Gasteiger partial charge in [-0.1, -0.05) is 57.6 Å². The number of aliphatic hydroxyl groups excluding tert-OH is 3. The predicted molar refractivity (Wildman–Crippen MR) is 163 cm³/mol. The Morgan fingerprint density at radius 3 is 2.60 bits per heavy atom. The fraction of sp³-hybridized carbons (Fsp3) is 0.765. The van der Waals surface area contributed by atoms with E-state index in [0.29, 0.717) is 50.3 Å². The van der Waals surface area contributed by atoms with Crippen molar-refractivity contribution in [1.29, 1.82) is 0 Å². The van der Waals surface area contributed by atoms with E-state index in [1.54, 1.807) is 6.20 Å². The molecular formula is C34H54N2O6. The summed E-state index contributed by atoms with van der Waals surface area (Å²) < 4.78 is 0. The number of carbonyl (C=O) groups is 1. The van der Waals surface area contributed by atoms with Crippen molar-refractivity contribution in [2.75, 3.05) is 5.73 Å². The van der Waals surface area contributed by atoms with E-state index in [4.69, 9.17) is 5.73 Å². The molecule has 8 nitrogen and oxygen atoms in total. The Labute approximate surface area is 251 Å². The predicted octanol–water partition coefficient (Wildman–Crippen LogP) is 4.88. The van der Waals surface area contributed by atoms with Crippen LogP contribution < -0.4 is 5.73 Å². The van der Waals surface area contributed by atoms with Gasteiger partial charge in [-0.25, -0.2) is 4.98 Å². The standard InChI is InChI=1S/C34H54N2O6/c1-2-3-5-8-22-11-12-24(29(37)18-22)9-6-4-7-10-27(33(40)41)32(39)25-13-14-28-26(20-30(38)34(28,42)21-25)17-23-15-16-36-31(35)19-23/h11-12,15-16,19,22,24-30,32,37-39,42H,2-10,13-14,17-18,20-21H2,1H3,(H2,35,36)(H,40,41)/t22-,24-,25+,26+,27+,28-,29-,30+,32-,34+/m1/s1. The van der Waals surface area contributed by atoms with Crippen LogP contribution in [0.25, 0.3) is 0 Å². The highest BCUT2D eigenvalue weighted by Crippen LogP contribution is 2.52. The summed E-state index contributed by atoms with van der Waals surface area (Å²) in [5.41, 5.74) is 5.54. The van der Waals surface area contributed by atoms with Gasteiger partial charge in [0.15, 0.2) is 0 Å². The van der Waals surface area contributed by atoms with Gasteiger partial charge in [0.1, 0.15) is 5.82 Å². The largest absolute Gasteiger partial charge is 0.481 e. The molecule has 7 N–H and O–H groups in total. The number of nitrogen functional groups attached to an aromatic ring is 1. The van der Waals surface area contributed by atoms with Gasteiger partial charge in [0.2, 0.25) is 0 Å². The number of hydrogen-bond acceptors (Lipinski definition) is 7. The van der Waals surface area contributed by atoms with Crippen molar-refractivity contribution in [3.05, 3.63) is 36.0 Å². The molecule has 0 aliphatic heterocycles. The summed E-state index contributed by atoms with van der Waals surface area (Å²) in [5.74, 6) is -1.20. The number of aliphatic hydroxyl groups is 4. The third-order valence-corrected chi connectivity index (χ3v) is 10.7. The van der Waals surface area contributed by atoms with Crippen LogP contribution in [0, 0.1) is 35.5 Å². The van der Waals surface area contributed by atoms with Gasteiger partial charge in [0.25, 0.3) is 0 Å². The lowest BCUT2D eigenvalue weighted by atomic mass is 9.66. The lowest BCUT2D eigenvalue weighted by Crippen LogP contribution is -2.51. The van der Waals surface area contributed by atoms with Crippen LogP contribution in [0.15, 0.2) is 30.5 Å². The topological polar surface area (TPSA) is 157 Å². The molecule has 0 aromatic carbocycles. The molecule has 8 heteroatoms. The van der Waals surface area contributed by atoms with E-state index in [2.05, 4.69) is 24.1 Å². The van der Waals surface area contributed by atoms with Gasteiger partial charge in [0.05, 0.1) is 29.8 Å². The zero-order valence-corrected chi connectivity index (χ0v) is 25.4. The normalized spacial score (nSPS) is 34.2. The maximum Gasteiger partial charge on any atom is 0.309 e. The van der Waals surface area contributed by atoms with Gasteiger partial charge in [-0.15, -0.1) is 0 Å². The Balaban J connectivity index is 1.24. The number of carboxylic acids is 1. The molecule has 1 aromatic heterocycles. The molecular weight excluding hydrogens is 532 g/mol. The minimum atomic E-state index is -1.32. The third-order valence-electron chi connectivity index (χ3n) is 10.7. The second-order valence-electron chi connectivity index (χ2n) is 13.6. The van der Waals surface area contributed by atoms with Crippen LogP contribution in [-0.4, -0.2) is 60.4 Å². The Hall–Kier alpha value is -2.00. The average molecular weight is 587 g/mol. The molecule has 1 heterocycles. The van der Waals surface area contributed by atoms with Crippen LogP contribution in [0.5, 0.6) is 0 Å². The second-order valence-corrected chi connectivity index (χ2v) is 13.6. The summed E-state index contributed by atoms with van der Waals surface area (Å²) in [6, 6.07) is 3.74. The maximum atomic E-state index is 12.2. The number of hydrogen-bond donors (Lipinski definition) is 6. The van der Waals surface area contributed by atoms with E-state index in [0.717, 1.165) is 37.7 Å². The molecule has 42 heavy (non-hydrogen) atoms. The summed E-state index contributed by atoms with van der Waals surface area (Å²) >= 11 is 0. The zero-order chi connectivity index (χ0) is 30.3. The van der Waals surface area contributed by atoms with Crippen molar-refractivity contribution in [2.24, 2.45) is 35.5 Å². The van der Waals surface area contributed by atoms with Gasteiger partial charge in [0, 0.05) is 12.1 Å². The van der Waals surface area contributed by atoms with E-state index in [9.17, 15) is 30.3 Å². The molecule has 10 atom stereocenters. The highest BCUT2D eigenvalue weighted by Gasteiger charge is 2.57. The van der Waals surface area contributed by atoms with E-state index >= 15 is 0 Å². The third kappa shape index (κ3) is 8.13. The van der Waals surface area contributed by atoms with Crippen molar-refractivity contribution in [1.82, 2.24) is 4.98 Å². The molecule has 0 bridgehead atoms. The summed E-state index contributed by atoms with van der Waals surface area (Å²) in [6.45, 7) is 2.20. The number of allylic oxidation sites excluding steroid dienone is 1. The number of carboxylic acid groups (broad SMARTS) is 1. The molecule has 0 unspecified atom stereocenters. The number of aliphatic carboxylic acids is 1. The van der Waals surface area contributed by atoms with E-state index in [1.165, 1.54) is 19.3 Å². The fourth-order valence-electron chi connectivity index (χ4n) is 8.28. The van der Waals surface area contributed by atoms with Crippen LogP contribution in [0.1, 0.15) is 102 Å². The van der Waals surface area contributed by atoms with E-state index in [-0.39, 0.29) is 36.2 Å². The summed E-state index contributed by atoms with van der Waals surface area (Å²) in [6.07, 6.45) is 15.9. The summed E-state index contributed by atoms with van der Waals surface area (Å²) in [7, 11) is 0. The molecule has 2 saturated carbocycles. The molecule has 0 radical (unpaired) electrons. The number of aromatic nitrogens is 1. The van der Waals surface area contributed by atoms with Gasteiger partial charge in [-0.05, 0) is 99.2 Å². The lowest BCUT2D eigenvalue weighted by molar-refractivity contribution is -0.155. The number of unbranched alkanes of at least 4 members (excludes halogenated alkanes) is 4. The van der Waals surface area contributed by atoms with Gasteiger partial charge in [-0.2, -0.15) is 0 Å². The van der Waals surface area contributed by atoms with Crippen LogP contribution in [0.3, 0.4) is 0 Å². The Morgan fingerprint density at radius 1 is 1.10 bits per heavy atom. The molecule has 0 saturated heterocycles. The number of rotatable bonds is 15. The zero-order valence-electron chi connectivity index (χ0n) is 25.4. The Kier molecular flexibility index (Phi) is 11.9. The van der Waals surface area contributed by atoms with Crippen molar-refractivity contribution in [3.8, 4) is 0 Å². The number of nitrogens with two attached hydrogens (primary N) is 1. The number of fused-ring (bicyclic) bond motifs is 1. The fourth-order valence-corrected chi connectivity index (χ4v) is 8.28. The van der Waals surface area contributed by atoms with Gasteiger partial charge in [-0.3, -0.25) is 4.79 Å². The highest BCUT2D eigenvalue weighted by molar-refractivity contribution is 5.70. The van der Waals surface area contributed by atoms with Crippen molar-refractivity contribution in [2.45, 2.75) is 127 Å². The number of anilines is 1. The average Bonchev–Trinajstić information content (AvgIpc) is 3.19. The minimum Gasteiger partial charge on any atom is -0.481 e. The SMILES string of the molecule is CCCCC[C@@H]1C=C[C@@H](CCCCC[C@H](C(=O)O)[C@H](O)[C@H]2CC[C@@H]3[C@@H](Cc4ccnc(N)c4)C[C@H](O)[C@]3(O)C2)[C@H](O)C1. The molecule has 236 valence electrons. The first-order valence-corrected chi connectivity index (χ1v) is 16.5. The van der Waals surface area contributed by atoms with Crippen LogP contribution in [-0.2, 0) is 11.2 Å². The monoisotopic (exact) mass is 586 g/mol. The van der Waals surface area contributed by atoms with Crippen LogP contribution in [0.4, 0.5) is 5.82 Å². The van der Waals surface area contributed by atoms with Crippen LogP contribution >= 0.6 is 0 Å². The van der Waals surface area contributed by atoms with Crippen LogP contribution in [0.2, 0.25) is 0 Å². The maximum absolute atomic E-state index is 12.2. The molecule has 1 aromatic rings. The quantitative estimate of drug-likeness (QED) is 0.125. The highest BCUT2D eigenvalue weighted by atomic mass is 16.4. The number of pyridine rings is 1. The molecule has 0 spiro atoms. The Bertz CT molecular complexity index is 1040. The molecule has 0 amide bonds. The summed E-state index contributed by atoms with van der Waals surface area (Å²) in [4.78, 5) is 16.2. The lowest BCUT2D eigenvalue weighted by Gasteiger charge is -2.44. The molecule has 3 aliphatic carbocycles. The second kappa shape index (κ2) is 15.1. The van der Waals surface area contributed by atoms with E-state index in [1.807, 2.05) is 12.1 Å². The molecule has 3 aliphatic rings. The first-order chi connectivity index (χ1) is 20.1. The summed E-state index contributed by atoms with van der Waals surface area (Å²) in [5, 5.41) is 54.3. The van der Waals surface area contributed by atoms with Crippen molar-refractivity contribution in [3.63, 3.8) is 0 Å². The number of nitrogens with zero attached hydrogens (tertiary/aromatic N) is 1. The van der Waals surface area contributed by atoms with Gasteiger partial charge >= 0.3 is 5.97 Å². The van der Waals surface area contributed by atoms with E-state index < -0.39 is 29.7 Å². The smallest absolute Gasteiger partial charge is 0.309 e. The van der Waals surface area contributed by atoms with Crippen molar-refractivity contribution < 1.29 is 30.3 Å². The molecule has 4 rings (SSSR count). The molecule has 2 fully saturated rings. The van der Waals surface area contributed by atoms with Crippen molar-refractivity contribution >= 4 is 11.8 Å². The van der Waals surface area contributed by atoms with Gasteiger partial charge < -0.3 is 31.3 Å².